The highest BCUT2D eigenvalue weighted by molar-refractivity contribution is 6.20. The molecule has 0 aromatic heterocycles. The molecule has 0 aliphatic carbocycles. The van der Waals surface area contributed by atoms with Gasteiger partial charge in [0.15, 0.2) is 0 Å². The van der Waals surface area contributed by atoms with E-state index in [0.717, 1.165) is 18.8 Å². The third kappa shape index (κ3) is 6.43. The average molecular weight is 175 g/mol. The molecule has 0 fully saturated rings. The first-order valence-corrected chi connectivity index (χ1v) is 4.89. The van der Waals surface area contributed by atoms with E-state index >= 15 is 0 Å². The molecule has 0 heterocycles. The highest BCUT2D eigenvalue weighted by Gasteiger charge is 2.08. The molecule has 11 heavy (non-hydrogen) atoms. The van der Waals surface area contributed by atoms with Gasteiger partial charge in [0.2, 0.25) is 0 Å². The summed E-state index contributed by atoms with van der Waals surface area (Å²) in [5, 5.41) is 0.312. The molecule has 0 radical (unpaired) electrons. The minimum Gasteiger partial charge on any atom is -0.123 e. The molecule has 0 aromatic rings. The number of hydrogen-bond donors (Lipinski definition) is 0. The van der Waals surface area contributed by atoms with Crippen molar-refractivity contribution in [3.05, 3.63) is 12.7 Å². The third-order valence-corrected chi connectivity index (χ3v) is 2.03. The Morgan fingerprint density at radius 2 is 2.18 bits per heavy atom. The maximum Gasteiger partial charge on any atom is 0.0310 e. The van der Waals surface area contributed by atoms with Gasteiger partial charge in [-0.3, -0.25) is 0 Å². The maximum atomic E-state index is 5.91. The summed E-state index contributed by atoms with van der Waals surface area (Å²) in [5.41, 5.74) is 0. The molecule has 0 nitrogen and oxygen atoms in total. The summed E-state index contributed by atoms with van der Waals surface area (Å²) in [7, 11) is 0. The second-order valence-corrected chi connectivity index (χ2v) is 3.94. The number of allylic oxidation sites excluding steroid dienone is 1. The van der Waals surface area contributed by atoms with Crippen LogP contribution in [0.1, 0.15) is 39.5 Å². The van der Waals surface area contributed by atoms with Crippen LogP contribution in [0.15, 0.2) is 12.7 Å². The molecule has 2 atom stereocenters. The molecular weight excluding hydrogens is 156 g/mol. The van der Waals surface area contributed by atoms with Crippen LogP contribution in [0, 0.1) is 5.92 Å². The molecule has 0 aliphatic heterocycles. The van der Waals surface area contributed by atoms with Gasteiger partial charge in [-0.1, -0.05) is 25.8 Å². The van der Waals surface area contributed by atoms with Crippen molar-refractivity contribution >= 4 is 11.6 Å². The highest BCUT2D eigenvalue weighted by Crippen LogP contribution is 2.20. The zero-order valence-electron chi connectivity index (χ0n) is 7.65. The first-order chi connectivity index (χ1) is 5.20. The summed E-state index contributed by atoms with van der Waals surface area (Å²) in [5.74, 6) is 0.755. The lowest BCUT2D eigenvalue weighted by molar-refractivity contribution is 0.448. The van der Waals surface area contributed by atoms with Gasteiger partial charge in [-0.15, -0.1) is 18.2 Å². The van der Waals surface area contributed by atoms with Crippen molar-refractivity contribution in [2.75, 3.05) is 0 Å². The molecule has 0 aliphatic rings. The van der Waals surface area contributed by atoms with E-state index in [1.54, 1.807) is 0 Å². The number of rotatable bonds is 6. The topological polar surface area (TPSA) is 0 Å². The van der Waals surface area contributed by atoms with E-state index in [9.17, 15) is 0 Å². The van der Waals surface area contributed by atoms with Gasteiger partial charge in [0.25, 0.3) is 0 Å². The predicted molar refractivity (Wildman–Crippen MR) is 53.1 cm³/mol. The monoisotopic (exact) mass is 174 g/mol. The molecule has 0 bridgehead atoms. The van der Waals surface area contributed by atoms with E-state index in [0.29, 0.717) is 5.38 Å². The van der Waals surface area contributed by atoms with Crippen LogP contribution in [-0.2, 0) is 0 Å². The molecule has 0 spiro atoms. The summed E-state index contributed by atoms with van der Waals surface area (Å²) in [4.78, 5) is 0. The van der Waals surface area contributed by atoms with E-state index in [1.807, 2.05) is 6.08 Å². The molecule has 0 rings (SSSR count). The summed E-state index contributed by atoms with van der Waals surface area (Å²) in [6.07, 6.45) is 6.77. The molecule has 0 aromatic carbocycles. The second kappa shape index (κ2) is 6.72. The van der Waals surface area contributed by atoms with Crippen molar-refractivity contribution in [1.82, 2.24) is 0 Å². The first-order valence-electron chi connectivity index (χ1n) is 4.45. The SMILES string of the molecule is C=CCC(CCC)CC(C)Cl. The number of halogens is 1. The molecular formula is C10H19Cl. The van der Waals surface area contributed by atoms with Gasteiger partial charge in [0.1, 0.15) is 0 Å². The Labute approximate surface area is 75.6 Å². The fraction of sp³-hybridized carbons (Fsp3) is 0.800. The molecule has 0 saturated carbocycles. The van der Waals surface area contributed by atoms with Gasteiger partial charge in [0.05, 0.1) is 0 Å². The fourth-order valence-corrected chi connectivity index (χ4v) is 1.69. The van der Waals surface area contributed by atoms with Gasteiger partial charge >= 0.3 is 0 Å². The van der Waals surface area contributed by atoms with Gasteiger partial charge in [0, 0.05) is 5.38 Å². The quantitative estimate of drug-likeness (QED) is 0.422. The summed E-state index contributed by atoms with van der Waals surface area (Å²) in [6, 6.07) is 0. The highest BCUT2D eigenvalue weighted by atomic mass is 35.5. The van der Waals surface area contributed by atoms with Gasteiger partial charge in [-0.2, -0.15) is 0 Å². The average Bonchev–Trinajstić information content (AvgIpc) is 1.87. The Kier molecular flexibility index (Phi) is 6.74. The maximum absolute atomic E-state index is 5.91. The van der Waals surface area contributed by atoms with Crippen LogP contribution in [0.5, 0.6) is 0 Å². The predicted octanol–water partition coefficient (Wildman–Crippen LogP) is 4.00. The Bertz CT molecular complexity index is 97.0. The Morgan fingerprint density at radius 3 is 2.55 bits per heavy atom. The molecule has 66 valence electrons. The second-order valence-electron chi connectivity index (χ2n) is 3.20. The van der Waals surface area contributed by atoms with E-state index in [1.165, 1.54) is 12.8 Å². The van der Waals surface area contributed by atoms with E-state index in [4.69, 9.17) is 11.6 Å². The summed E-state index contributed by atoms with van der Waals surface area (Å²) in [6.45, 7) is 8.03. The molecule has 2 unspecified atom stereocenters. The van der Waals surface area contributed by atoms with Crippen LogP contribution in [0.3, 0.4) is 0 Å². The van der Waals surface area contributed by atoms with E-state index in [2.05, 4.69) is 20.4 Å². The number of alkyl halides is 1. The van der Waals surface area contributed by atoms with Crippen molar-refractivity contribution in [2.24, 2.45) is 5.92 Å². The third-order valence-electron chi connectivity index (χ3n) is 1.86. The molecule has 0 amide bonds. The van der Waals surface area contributed by atoms with Crippen molar-refractivity contribution in [3.63, 3.8) is 0 Å². The Hall–Kier alpha value is 0.0300. The lowest BCUT2D eigenvalue weighted by Crippen LogP contribution is -2.04. The minimum atomic E-state index is 0.312. The number of hydrogen-bond acceptors (Lipinski definition) is 0. The first kappa shape index (κ1) is 11.0. The van der Waals surface area contributed by atoms with Gasteiger partial charge in [-0.25, -0.2) is 0 Å². The standard InChI is InChI=1S/C10H19Cl/c1-4-6-10(7-5-2)8-9(3)11/h4,9-10H,1,5-8H2,2-3H3. The zero-order valence-corrected chi connectivity index (χ0v) is 8.40. The van der Waals surface area contributed by atoms with Crippen LogP contribution >= 0.6 is 11.6 Å². The largest absolute Gasteiger partial charge is 0.123 e. The normalized spacial score (nSPS) is 15.9. The smallest absolute Gasteiger partial charge is 0.0310 e. The summed E-state index contributed by atoms with van der Waals surface area (Å²) < 4.78 is 0. The van der Waals surface area contributed by atoms with Crippen LogP contribution in [-0.4, -0.2) is 5.38 Å². The van der Waals surface area contributed by atoms with Gasteiger partial charge in [-0.05, 0) is 25.7 Å². The van der Waals surface area contributed by atoms with Crippen molar-refractivity contribution < 1.29 is 0 Å². The molecule has 0 saturated heterocycles. The van der Waals surface area contributed by atoms with Gasteiger partial charge < -0.3 is 0 Å². The molecule has 1 heteroatoms. The lowest BCUT2D eigenvalue weighted by atomic mass is 9.95. The Morgan fingerprint density at radius 1 is 1.55 bits per heavy atom. The minimum absolute atomic E-state index is 0.312. The van der Waals surface area contributed by atoms with Crippen molar-refractivity contribution in [1.29, 1.82) is 0 Å². The van der Waals surface area contributed by atoms with Crippen LogP contribution in [0.25, 0.3) is 0 Å². The summed E-state index contributed by atoms with van der Waals surface area (Å²) >= 11 is 5.91. The lowest BCUT2D eigenvalue weighted by Gasteiger charge is -2.14. The van der Waals surface area contributed by atoms with Crippen LogP contribution < -0.4 is 0 Å². The van der Waals surface area contributed by atoms with Crippen LogP contribution in [0.4, 0.5) is 0 Å². The molecule has 0 N–H and O–H groups in total. The zero-order chi connectivity index (χ0) is 8.69. The van der Waals surface area contributed by atoms with Crippen LogP contribution in [0.2, 0.25) is 0 Å². The van der Waals surface area contributed by atoms with Crippen molar-refractivity contribution in [3.8, 4) is 0 Å². The van der Waals surface area contributed by atoms with E-state index in [-0.39, 0.29) is 0 Å². The van der Waals surface area contributed by atoms with Crippen molar-refractivity contribution in [2.45, 2.75) is 44.9 Å². The Balaban J connectivity index is 3.58. The fourth-order valence-electron chi connectivity index (χ4n) is 1.44. The van der Waals surface area contributed by atoms with E-state index < -0.39 is 0 Å².